The predicted molar refractivity (Wildman–Crippen MR) is 106 cm³/mol. The molecule has 0 unspecified atom stereocenters. The summed E-state index contributed by atoms with van der Waals surface area (Å²) in [6.45, 7) is 4.33. The van der Waals surface area contributed by atoms with Crippen molar-refractivity contribution in [3.05, 3.63) is 54.1 Å². The molecule has 0 saturated carbocycles. The molecule has 1 amide bonds. The predicted octanol–water partition coefficient (Wildman–Crippen LogP) is 2.75. The Bertz CT molecular complexity index is 916. The van der Waals surface area contributed by atoms with E-state index in [4.69, 9.17) is 9.47 Å². The van der Waals surface area contributed by atoms with Gasteiger partial charge in [0, 0.05) is 24.3 Å². The van der Waals surface area contributed by atoms with Crippen LogP contribution in [0.5, 0.6) is 5.75 Å². The highest BCUT2D eigenvalue weighted by molar-refractivity contribution is 7.89. The molecule has 1 aliphatic heterocycles. The summed E-state index contributed by atoms with van der Waals surface area (Å²) < 4.78 is 37.9. The number of hydrogen-bond acceptors (Lipinski definition) is 5. The Kier molecular flexibility index (Phi) is 6.02. The zero-order chi connectivity index (χ0) is 20.3. The van der Waals surface area contributed by atoms with Crippen molar-refractivity contribution in [2.24, 2.45) is 0 Å². The van der Waals surface area contributed by atoms with E-state index in [1.165, 1.54) is 28.6 Å². The van der Waals surface area contributed by atoms with E-state index in [9.17, 15) is 13.2 Å². The number of sulfonamides is 1. The van der Waals surface area contributed by atoms with Gasteiger partial charge in [-0.05, 0) is 62.4 Å². The molecule has 8 heteroatoms. The second kappa shape index (κ2) is 8.30. The third kappa shape index (κ3) is 4.52. The molecule has 1 aliphatic rings. The summed E-state index contributed by atoms with van der Waals surface area (Å²) in [6.07, 6.45) is -0.318. The first-order chi connectivity index (χ1) is 13.3. The fourth-order valence-corrected chi connectivity index (χ4v) is 4.72. The van der Waals surface area contributed by atoms with Gasteiger partial charge in [0.1, 0.15) is 5.75 Å². The van der Waals surface area contributed by atoms with Gasteiger partial charge in [0.2, 0.25) is 10.0 Å². The van der Waals surface area contributed by atoms with Crippen LogP contribution in [-0.4, -0.2) is 51.0 Å². The number of anilines is 1. The lowest BCUT2D eigenvalue weighted by Crippen LogP contribution is -2.48. The molecular formula is C20H24N2O5S. The van der Waals surface area contributed by atoms with Crippen LogP contribution in [-0.2, 0) is 14.8 Å². The molecule has 0 radical (unpaired) electrons. The summed E-state index contributed by atoms with van der Waals surface area (Å²) in [5.74, 6) is 0.377. The Hall–Kier alpha value is -2.42. The number of rotatable bonds is 5. The number of nitrogens with zero attached hydrogens (tertiary/aromatic N) is 1. The molecule has 2 aromatic carbocycles. The molecule has 28 heavy (non-hydrogen) atoms. The standard InChI is InChI=1S/C20H24N2O5S/c1-14-12-22(13-15(2)27-14)28(24,25)19-10-4-16(5-11-19)20(23)21-17-6-8-18(26-3)9-7-17/h4-11,14-15H,12-13H2,1-3H3,(H,21,23)/t14-,15+. The largest absolute Gasteiger partial charge is 0.497 e. The lowest BCUT2D eigenvalue weighted by atomic mass is 10.2. The van der Waals surface area contributed by atoms with Crippen molar-refractivity contribution in [3.63, 3.8) is 0 Å². The van der Waals surface area contributed by atoms with E-state index in [1.54, 1.807) is 31.4 Å². The molecule has 1 N–H and O–H groups in total. The first-order valence-electron chi connectivity index (χ1n) is 9.00. The highest BCUT2D eigenvalue weighted by Gasteiger charge is 2.32. The molecule has 0 aliphatic carbocycles. The minimum atomic E-state index is -3.63. The van der Waals surface area contributed by atoms with E-state index in [0.717, 1.165) is 0 Å². The van der Waals surface area contributed by atoms with Crippen molar-refractivity contribution >= 4 is 21.6 Å². The fraction of sp³-hybridized carbons (Fsp3) is 0.350. The SMILES string of the molecule is COc1ccc(NC(=O)c2ccc(S(=O)(=O)N3C[C@@H](C)O[C@@H](C)C3)cc2)cc1. The number of methoxy groups -OCH3 is 1. The average Bonchev–Trinajstić information content (AvgIpc) is 2.68. The second-order valence-corrected chi connectivity index (χ2v) is 8.72. The molecular weight excluding hydrogens is 380 g/mol. The van der Waals surface area contributed by atoms with E-state index in [2.05, 4.69) is 5.32 Å². The summed E-state index contributed by atoms with van der Waals surface area (Å²) in [5, 5.41) is 2.77. The first kappa shape index (κ1) is 20.3. The zero-order valence-electron chi connectivity index (χ0n) is 16.1. The fourth-order valence-electron chi connectivity index (χ4n) is 3.13. The minimum Gasteiger partial charge on any atom is -0.497 e. The number of hydrogen-bond donors (Lipinski definition) is 1. The second-order valence-electron chi connectivity index (χ2n) is 6.79. The molecule has 0 spiro atoms. The van der Waals surface area contributed by atoms with Crippen LogP contribution >= 0.6 is 0 Å². The zero-order valence-corrected chi connectivity index (χ0v) is 16.9. The summed E-state index contributed by atoms with van der Waals surface area (Å²) in [4.78, 5) is 12.6. The summed E-state index contributed by atoms with van der Waals surface area (Å²) in [6, 6.07) is 12.9. The molecule has 0 aromatic heterocycles. The van der Waals surface area contributed by atoms with Gasteiger partial charge >= 0.3 is 0 Å². The van der Waals surface area contributed by atoms with Crippen LogP contribution in [0.15, 0.2) is 53.4 Å². The van der Waals surface area contributed by atoms with Crippen LogP contribution in [0, 0.1) is 0 Å². The van der Waals surface area contributed by atoms with Crippen LogP contribution < -0.4 is 10.1 Å². The van der Waals surface area contributed by atoms with Gasteiger partial charge in [0.25, 0.3) is 5.91 Å². The molecule has 2 atom stereocenters. The van der Waals surface area contributed by atoms with E-state index >= 15 is 0 Å². The van der Waals surface area contributed by atoms with Gasteiger partial charge in [-0.3, -0.25) is 4.79 Å². The lowest BCUT2D eigenvalue weighted by Gasteiger charge is -2.34. The number of carbonyl (C=O) groups excluding carboxylic acids is 1. The maximum atomic E-state index is 12.9. The molecule has 7 nitrogen and oxygen atoms in total. The smallest absolute Gasteiger partial charge is 0.255 e. The molecule has 3 rings (SSSR count). The summed E-state index contributed by atoms with van der Waals surface area (Å²) in [5.41, 5.74) is 0.997. The number of carbonyl (C=O) groups is 1. The van der Waals surface area contributed by atoms with Gasteiger partial charge in [-0.1, -0.05) is 0 Å². The summed E-state index contributed by atoms with van der Waals surface area (Å²) >= 11 is 0. The van der Waals surface area contributed by atoms with Crippen LogP contribution in [0.3, 0.4) is 0 Å². The minimum absolute atomic E-state index is 0.159. The number of nitrogens with one attached hydrogen (secondary N) is 1. The maximum Gasteiger partial charge on any atom is 0.255 e. The Morgan fingerprint density at radius 1 is 1.04 bits per heavy atom. The van der Waals surface area contributed by atoms with Gasteiger partial charge in [-0.15, -0.1) is 0 Å². The van der Waals surface area contributed by atoms with E-state index in [1.807, 2.05) is 13.8 Å². The van der Waals surface area contributed by atoms with Gasteiger partial charge < -0.3 is 14.8 Å². The van der Waals surface area contributed by atoms with Crippen molar-refractivity contribution in [1.82, 2.24) is 4.31 Å². The molecule has 1 saturated heterocycles. The average molecular weight is 404 g/mol. The number of morpholine rings is 1. The topological polar surface area (TPSA) is 84.9 Å². The van der Waals surface area contributed by atoms with Gasteiger partial charge in [0.05, 0.1) is 24.2 Å². The van der Waals surface area contributed by atoms with Crippen molar-refractivity contribution in [1.29, 1.82) is 0 Å². The van der Waals surface area contributed by atoms with Crippen molar-refractivity contribution < 1.29 is 22.7 Å². The molecule has 150 valence electrons. The number of ether oxygens (including phenoxy) is 2. The first-order valence-corrected chi connectivity index (χ1v) is 10.4. The van der Waals surface area contributed by atoms with E-state index < -0.39 is 10.0 Å². The Morgan fingerprint density at radius 2 is 1.61 bits per heavy atom. The van der Waals surface area contributed by atoms with Gasteiger partial charge in [0.15, 0.2) is 0 Å². The summed E-state index contributed by atoms with van der Waals surface area (Å²) in [7, 11) is -2.06. The Balaban J connectivity index is 1.72. The highest BCUT2D eigenvalue weighted by atomic mass is 32.2. The Morgan fingerprint density at radius 3 is 2.14 bits per heavy atom. The number of amides is 1. The van der Waals surface area contributed by atoms with Crippen molar-refractivity contribution in [3.8, 4) is 5.75 Å². The molecule has 1 heterocycles. The third-order valence-corrected chi connectivity index (χ3v) is 6.33. The van der Waals surface area contributed by atoms with Crippen LogP contribution in [0.25, 0.3) is 0 Å². The van der Waals surface area contributed by atoms with E-state index in [-0.39, 0.29) is 23.0 Å². The molecule has 1 fully saturated rings. The van der Waals surface area contributed by atoms with E-state index in [0.29, 0.717) is 30.1 Å². The normalized spacial score (nSPS) is 20.5. The van der Waals surface area contributed by atoms with Crippen molar-refractivity contribution in [2.75, 3.05) is 25.5 Å². The monoisotopic (exact) mass is 404 g/mol. The molecule has 0 bridgehead atoms. The van der Waals surface area contributed by atoms with Crippen molar-refractivity contribution in [2.45, 2.75) is 31.0 Å². The Labute approximate surface area is 165 Å². The van der Waals surface area contributed by atoms with Crippen LogP contribution in [0.2, 0.25) is 0 Å². The lowest BCUT2D eigenvalue weighted by molar-refractivity contribution is -0.0440. The third-order valence-electron chi connectivity index (χ3n) is 4.49. The quantitative estimate of drug-likeness (QED) is 0.828. The van der Waals surface area contributed by atoms with Crippen LogP contribution in [0.4, 0.5) is 5.69 Å². The van der Waals surface area contributed by atoms with Gasteiger partial charge in [-0.2, -0.15) is 4.31 Å². The van der Waals surface area contributed by atoms with Crippen LogP contribution in [0.1, 0.15) is 24.2 Å². The molecule has 2 aromatic rings. The van der Waals surface area contributed by atoms with Gasteiger partial charge in [-0.25, -0.2) is 8.42 Å². The number of benzene rings is 2. The maximum absolute atomic E-state index is 12.9. The highest BCUT2D eigenvalue weighted by Crippen LogP contribution is 2.22.